The molecule has 0 unspecified atom stereocenters. The van der Waals surface area contributed by atoms with Gasteiger partial charge in [-0.05, 0) is 52.5 Å². The zero-order valence-electron chi connectivity index (χ0n) is 11.8. The maximum atomic E-state index is 3.47. The molecular weight excluding hydrogens is 320 g/mol. The van der Waals surface area contributed by atoms with Crippen molar-refractivity contribution in [2.24, 2.45) is 0 Å². The van der Waals surface area contributed by atoms with Crippen LogP contribution >= 0.6 is 15.9 Å². The predicted octanol–water partition coefficient (Wildman–Crippen LogP) is 5.51. The van der Waals surface area contributed by atoms with Gasteiger partial charge in [0.15, 0.2) is 0 Å². The van der Waals surface area contributed by atoms with E-state index in [1.165, 1.54) is 5.56 Å². The van der Waals surface area contributed by atoms with Gasteiger partial charge in [0.1, 0.15) is 0 Å². The van der Waals surface area contributed by atoms with Gasteiger partial charge in [-0.25, -0.2) is 0 Å². The summed E-state index contributed by atoms with van der Waals surface area (Å²) in [4.78, 5) is 0. The van der Waals surface area contributed by atoms with Crippen LogP contribution in [0.5, 0.6) is 0 Å². The van der Waals surface area contributed by atoms with Gasteiger partial charge in [-0.1, -0.05) is 72.5 Å². The normalized spacial score (nSPS) is 11.2. The largest absolute Gasteiger partial charge is 0.0841 e. The van der Waals surface area contributed by atoms with Crippen LogP contribution in [0, 0.1) is 11.8 Å². The lowest BCUT2D eigenvalue weighted by molar-refractivity contribution is 1.00. The van der Waals surface area contributed by atoms with Crippen LogP contribution in [-0.4, -0.2) is 0 Å². The molecule has 1 heteroatoms. The van der Waals surface area contributed by atoms with Crippen LogP contribution in [0.25, 0.3) is 0 Å². The Morgan fingerprint density at radius 3 is 2.33 bits per heavy atom. The van der Waals surface area contributed by atoms with E-state index in [2.05, 4.69) is 58.1 Å². The summed E-state index contributed by atoms with van der Waals surface area (Å²) in [7, 11) is 0. The quantitative estimate of drug-likeness (QED) is 0.510. The molecular formula is C20H17Br. The summed E-state index contributed by atoms with van der Waals surface area (Å²) < 4.78 is 0.891. The Hall–Kier alpha value is -2.04. The van der Waals surface area contributed by atoms with Crippen LogP contribution in [0.15, 0.2) is 83.4 Å². The first-order valence-electron chi connectivity index (χ1n) is 6.98. The van der Waals surface area contributed by atoms with Gasteiger partial charge in [0.2, 0.25) is 0 Å². The summed E-state index contributed by atoms with van der Waals surface area (Å²) >= 11 is 3.47. The Morgan fingerprint density at radius 1 is 0.952 bits per heavy atom. The summed E-state index contributed by atoms with van der Waals surface area (Å²) in [6.07, 6.45) is 8.30. The summed E-state index contributed by atoms with van der Waals surface area (Å²) in [5.74, 6) is 6.20. The van der Waals surface area contributed by atoms with E-state index in [0.29, 0.717) is 0 Å². The molecule has 2 aromatic carbocycles. The molecule has 2 rings (SSSR count). The second kappa shape index (κ2) is 9.00. The first-order chi connectivity index (χ1) is 10.3. The van der Waals surface area contributed by atoms with E-state index in [1.54, 1.807) is 0 Å². The molecule has 0 amide bonds. The zero-order valence-corrected chi connectivity index (χ0v) is 13.4. The first kappa shape index (κ1) is 15.4. The molecule has 0 aliphatic rings. The second-order valence-corrected chi connectivity index (χ2v) is 5.44. The minimum Gasteiger partial charge on any atom is -0.0841 e. The summed E-state index contributed by atoms with van der Waals surface area (Å²) in [6.45, 7) is 0. The van der Waals surface area contributed by atoms with Crippen molar-refractivity contribution in [2.75, 3.05) is 0 Å². The van der Waals surface area contributed by atoms with Gasteiger partial charge in [0.05, 0.1) is 4.48 Å². The Bertz CT molecular complexity index is 655. The lowest BCUT2D eigenvalue weighted by Crippen LogP contribution is -1.80. The van der Waals surface area contributed by atoms with Crippen LogP contribution < -0.4 is 0 Å². The minimum absolute atomic E-state index is 0.891. The molecule has 0 spiro atoms. The second-order valence-electron chi connectivity index (χ2n) is 4.58. The van der Waals surface area contributed by atoms with Gasteiger partial charge in [0.25, 0.3) is 0 Å². The smallest absolute Gasteiger partial charge is 0.0677 e. The van der Waals surface area contributed by atoms with Crippen molar-refractivity contribution in [1.29, 1.82) is 0 Å². The highest BCUT2D eigenvalue weighted by atomic mass is 79.9. The highest BCUT2D eigenvalue weighted by molar-refractivity contribution is 9.12. The highest BCUT2D eigenvalue weighted by Gasteiger charge is 1.88. The first-order valence-corrected chi connectivity index (χ1v) is 7.77. The van der Waals surface area contributed by atoms with E-state index in [-0.39, 0.29) is 0 Å². The van der Waals surface area contributed by atoms with Crippen molar-refractivity contribution < 1.29 is 0 Å². The molecule has 0 nitrogen and oxygen atoms in total. The van der Waals surface area contributed by atoms with Crippen molar-refractivity contribution in [1.82, 2.24) is 0 Å². The molecule has 0 atom stereocenters. The van der Waals surface area contributed by atoms with Crippen LogP contribution in [0.4, 0.5) is 0 Å². The van der Waals surface area contributed by atoms with Crippen LogP contribution in [-0.2, 0) is 6.42 Å². The molecule has 104 valence electrons. The fourth-order valence-electron chi connectivity index (χ4n) is 1.84. The number of benzene rings is 2. The molecule has 21 heavy (non-hydrogen) atoms. The topological polar surface area (TPSA) is 0 Å². The molecule has 0 aliphatic carbocycles. The van der Waals surface area contributed by atoms with Gasteiger partial charge >= 0.3 is 0 Å². The molecule has 0 aliphatic heterocycles. The number of allylic oxidation sites excluding steroid dienone is 4. The fraction of sp³-hybridized carbons (Fsp3) is 0.100. The average Bonchev–Trinajstić information content (AvgIpc) is 2.54. The van der Waals surface area contributed by atoms with E-state index < -0.39 is 0 Å². The van der Waals surface area contributed by atoms with Gasteiger partial charge in [-0.15, -0.1) is 0 Å². The van der Waals surface area contributed by atoms with E-state index in [1.807, 2.05) is 48.6 Å². The predicted molar refractivity (Wildman–Crippen MR) is 94.2 cm³/mol. The Labute approximate surface area is 135 Å². The van der Waals surface area contributed by atoms with Crippen molar-refractivity contribution in [3.05, 3.63) is 94.5 Å². The highest BCUT2D eigenvalue weighted by Crippen LogP contribution is 2.06. The van der Waals surface area contributed by atoms with Gasteiger partial charge < -0.3 is 0 Å². The summed E-state index contributed by atoms with van der Waals surface area (Å²) in [5.41, 5.74) is 2.39. The lowest BCUT2D eigenvalue weighted by Gasteiger charge is -1.95. The number of halogens is 1. The van der Waals surface area contributed by atoms with E-state index in [0.717, 1.165) is 22.9 Å². The van der Waals surface area contributed by atoms with Gasteiger partial charge in [-0.3, -0.25) is 0 Å². The summed E-state index contributed by atoms with van der Waals surface area (Å²) in [5, 5.41) is 0. The molecule has 0 aromatic heterocycles. The molecule has 0 N–H and O–H groups in total. The molecule has 0 radical (unpaired) electrons. The molecule has 0 saturated carbocycles. The SMILES string of the molecule is Br/C(C#Cc1ccccc1)=C\C=C\CCc1ccccc1. The Kier molecular flexibility index (Phi) is 6.58. The Balaban J connectivity index is 1.81. The van der Waals surface area contributed by atoms with Crippen LogP contribution in [0.2, 0.25) is 0 Å². The number of hydrogen-bond acceptors (Lipinski definition) is 0. The maximum Gasteiger partial charge on any atom is 0.0677 e. The van der Waals surface area contributed by atoms with Crippen molar-refractivity contribution >= 4 is 15.9 Å². The minimum atomic E-state index is 0.891. The van der Waals surface area contributed by atoms with E-state index in [9.17, 15) is 0 Å². The standard InChI is InChI=1S/C20H17Br/c21-20(17-16-19-13-6-2-7-14-19)15-9-3-8-12-18-10-4-1-5-11-18/h1-7,9-11,13-15H,8,12H2/b9-3+,20-15-. The van der Waals surface area contributed by atoms with Crippen LogP contribution in [0.1, 0.15) is 17.5 Å². The van der Waals surface area contributed by atoms with Gasteiger partial charge in [-0.2, -0.15) is 0 Å². The van der Waals surface area contributed by atoms with Crippen molar-refractivity contribution in [2.45, 2.75) is 12.8 Å². The number of aryl methyl sites for hydroxylation is 1. The monoisotopic (exact) mass is 336 g/mol. The van der Waals surface area contributed by atoms with E-state index in [4.69, 9.17) is 0 Å². The number of rotatable bonds is 4. The third-order valence-electron chi connectivity index (χ3n) is 2.92. The molecule has 0 bridgehead atoms. The van der Waals surface area contributed by atoms with E-state index >= 15 is 0 Å². The molecule has 0 heterocycles. The van der Waals surface area contributed by atoms with Gasteiger partial charge in [0, 0.05) is 5.56 Å². The third kappa shape index (κ3) is 6.29. The Morgan fingerprint density at radius 2 is 1.62 bits per heavy atom. The fourth-order valence-corrected chi connectivity index (χ4v) is 2.09. The number of hydrogen-bond donors (Lipinski definition) is 0. The molecule has 2 aromatic rings. The third-order valence-corrected chi connectivity index (χ3v) is 3.38. The molecule has 0 fully saturated rings. The lowest BCUT2D eigenvalue weighted by atomic mass is 10.1. The zero-order chi connectivity index (χ0) is 14.8. The van der Waals surface area contributed by atoms with Crippen molar-refractivity contribution in [3.63, 3.8) is 0 Å². The van der Waals surface area contributed by atoms with Crippen molar-refractivity contribution in [3.8, 4) is 11.8 Å². The molecule has 0 saturated heterocycles. The maximum absolute atomic E-state index is 3.47. The summed E-state index contributed by atoms with van der Waals surface area (Å²) in [6, 6.07) is 20.5. The average molecular weight is 337 g/mol. The van der Waals surface area contributed by atoms with Crippen LogP contribution in [0.3, 0.4) is 0 Å².